The van der Waals surface area contributed by atoms with Gasteiger partial charge in [0.1, 0.15) is 0 Å². The Morgan fingerprint density at radius 2 is 1.43 bits per heavy atom. The summed E-state index contributed by atoms with van der Waals surface area (Å²) in [5.41, 5.74) is 2.19. The van der Waals surface area contributed by atoms with Gasteiger partial charge in [0.05, 0.1) is 21.7 Å². The average molecular weight is 425 g/mol. The molecular formula is C22H19NO6S. The number of benzene rings is 3. The Kier molecular flexibility index (Phi) is 6.17. The molecule has 7 nitrogen and oxygen atoms in total. The summed E-state index contributed by atoms with van der Waals surface area (Å²) < 4.78 is 28.0. The first-order valence-corrected chi connectivity index (χ1v) is 10.5. The fourth-order valence-corrected chi connectivity index (χ4v) is 4.06. The van der Waals surface area contributed by atoms with E-state index in [-0.39, 0.29) is 16.0 Å². The molecule has 154 valence electrons. The molecule has 0 saturated heterocycles. The van der Waals surface area contributed by atoms with Crippen LogP contribution in [-0.2, 0) is 22.9 Å². The molecule has 0 unspecified atom stereocenters. The monoisotopic (exact) mass is 425 g/mol. The van der Waals surface area contributed by atoms with Crippen molar-refractivity contribution in [2.24, 2.45) is 0 Å². The molecule has 0 bridgehead atoms. The number of carboxylic acids is 2. The van der Waals surface area contributed by atoms with E-state index in [1.54, 1.807) is 36.4 Å². The molecule has 0 aliphatic carbocycles. The van der Waals surface area contributed by atoms with E-state index >= 15 is 0 Å². The van der Waals surface area contributed by atoms with Crippen LogP contribution < -0.4 is 4.72 Å². The highest BCUT2D eigenvalue weighted by molar-refractivity contribution is 7.92. The number of anilines is 1. The Bertz CT molecular complexity index is 1190. The van der Waals surface area contributed by atoms with E-state index in [4.69, 9.17) is 10.2 Å². The predicted octanol–water partition coefficient (Wildman–Crippen LogP) is 3.67. The fourth-order valence-electron chi connectivity index (χ4n) is 2.96. The lowest BCUT2D eigenvalue weighted by Gasteiger charge is -2.13. The number of nitrogens with one attached hydrogen (secondary N) is 1. The summed E-state index contributed by atoms with van der Waals surface area (Å²) in [6.45, 7) is 0. The van der Waals surface area contributed by atoms with Crippen molar-refractivity contribution in [3.05, 3.63) is 95.1 Å². The number of aromatic carboxylic acids is 2. The van der Waals surface area contributed by atoms with Gasteiger partial charge in [-0.2, -0.15) is 0 Å². The molecule has 3 aromatic carbocycles. The Morgan fingerprint density at radius 1 is 0.767 bits per heavy atom. The molecule has 0 heterocycles. The van der Waals surface area contributed by atoms with Crippen LogP contribution in [0.2, 0.25) is 0 Å². The molecular weight excluding hydrogens is 406 g/mol. The van der Waals surface area contributed by atoms with Crippen molar-refractivity contribution in [3.63, 3.8) is 0 Å². The molecule has 0 fully saturated rings. The molecule has 0 spiro atoms. The minimum atomic E-state index is -3.90. The SMILES string of the molecule is O=C(O)c1ccc(S(=O)(=O)Nc2ccccc2CCc2cccc(C(=O)O)c2)cc1. The van der Waals surface area contributed by atoms with Crippen LogP contribution in [0.3, 0.4) is 0 Å². The van der Waals surface area contributed by atoms with E-state index in [1.165, 1.54) is 30.3 Å². The standard InChI is InChI=1S/C22H19NO6S/c24-21(25)17-10-12-19(13-11-17)30(28,29)23-20-7-2-1-5-16(20)9-8-15-4-3-6-18(14-15)22(26)27/h1-7,10-14,23H,8-9H2,(H,24,25)(H,26,27). The van der Waals surface area contributed by atoms with Crippen LogP contribution in [0.4, 0.5) is 5.69 Å². The van der Waals surface area contributed by atoms with Crippen molar-refractivity contribution < 1.29 is 28.2 Å². The van der Waals surface area contributed by atoms with Crippen molar-refractivity contribution in [1.82, 2.24) is 0 Å². The lowest BCUT2D eigenvalue weighted by Crippen LogP contribution is -2.14. The third-order valence-electron chi connectivity index (χ3n) is 4.53. The highest BCUT2D eigenvalue weighted by Crippen LogP contribution is 2.22. The van der Waals surface area contributed by atoms with Gasteiger partial charge < -0.3 is 10.2 Å². The highest BCUT2D eigenvalue weighted by atomic mass is 32.2. The zero-order valence-electron chi connectivity index (χ0n) is 15.8. The summed E-state index contributed by atoms with van der Waals surface area (Å²) in [6.07, 6.45) is 1.03. The number of para-hydroxylation sites is 1. The topological polar surface area (TPSA) is 121 Å². The van der Waals surface area contributed by atoms with Gasteiger partial charge in [-0.05, 0) is 66.4 Å². The largest absolute Gasteiger partial charge is 0.478 e. The van der Waals surface area contributed by atoms with Crippen LogP contribution >= 0.6 is 0 Å². The number of rotatable bonds is 8. The molecule has 0 aliphatic heterocycles. The zero-order chi connectivity index (χ0) is 21.7. The van der Waals surface area contributed by atoms with E-state index in [1.807, 2.05) is 6.07 Å². The molecule has 30 heavy (non-hydrogen) atoms. The second-order valence-electron chi connectivity index (χ2n) is 6.60. The molecule has 8 heteroatoms. The molecule has 0 atom stereocenters. The molecule has 0 aromatic heterocycles. The Balaban J connectivity index is 1.78. The van der Waals surface area contributed by atoms with Gasteiger partial charge in [0.15, 0.2) is 0 Å². The smallest absolute Gasteiger partial charge is 0.335 e. The van der Waals surface area contributed by atoms with Gasteiger partial charge in [-0.3, -0.25) is 4.72 Å². The summed E-state index contributed by atoms with van der Waals surface area (Å²) >= 11 is 0. The van der Waals surface area contributed by atoms with Crippen molar-refractivity contribution in [2.75, 3.05) is 4.72 Å². The van der Waals surface area contributed by atoms with Crippen molar-refractivity contribution in [3.8, 4) is 0 Å². The van der Waals surface area contributed by atoms with E-state index < -0.39 is 22.0 Å². The second-order valence-corrected chi connectivity index (χ2v) is 8.28. The van der Waals surface area contributed by atoms with E-state index in [0.29, 0.717) is 18.5 Å². The van der Waals surface area contributed by atoms with Gasteiger partial charge >= 0.3 is 11.9 Å². The van der Waals surface area contributed by atoms with Crippen LogP contribution in [-0.4, -0.2) is 30.6 Å². The van der Waals surface area contributed by atoms with Crippen molar-refractivity contribution in [2.45, 2.75) is 17.7 Å². The number of carboxylic acid groups (broad SMARTS) is 2. The number of aryl methyl sites for hydroxylation is 2. The molecule has 0 aliphatic rings. The molecule has 0 saturated carbocycles. The molecule has 0 radical (unpaired) electrons. The van der Waals surface area contributed by atoms with E-state index in [2.05, 4.69) is 4.72 Å². The van der Waals surface area contributed by atoms with Crippen LogP contribution in [0.25, 0.3) is 0 Å². The van der Waals surface area contributed by atoms with E-state index in [9.17, 15) is 18.0 Å². The normalized spacial score (nSPS) is 11.1. The minimum absolute atomic E-state index is 0.00191. The van der Waals surface area contributed by atoms with Gasteiger partial charge in [-0.25, -0.2) is 18.0 Å². The Morgan fingerprint density at radius 3 is 2.10 bits per heavy atom. The third-order valence-corrected chi connectivity index (χ3v) is 5.91. The molecule has 3 rings (SSSR count). The van der Waals surface area contributed by atoms with Gasteiger partial charge in [0, 0.05) is 0 Å². The second kappa shape index (κ2) is 8.79. The lowest BCUT2D eigenvalue weighted by atomic mass is 10.0. The molecule has 3 aromatic rings. The summed E-state index contributed by atoms with van der Waals surface area (Å²) in [4.78, 5) is 22.0. The minimum Gasteiger partial charge on any atom is -0.478 e. The van der Waals surface area contributed by atoms with Gasteiger partial charge in [0.2, 0.25) is 0 Å². The first kappa shape index (κ1) is 21.1. The maximum atomic E-state index is 12.7. The van der Waals surface area contributed by atoms with Crippen LogP contribution in [0.5, 0.6) is 0 Å². The number of hydrogen-bond acceptors (Lipinski definition) is 4. The Hall–Kier alpha value is -3.65. The summed E-state index contributed by atoms with van der Waals surface area (Å²) in [6, 6.07) is 18.5. The van der Waals surface area contributed by atoms with Crippen molar-refractivity contribution in [1.29, 1.82) is 0 Å². The van der Waals surface area contributed by atoms with Gasteiger partial charge in [0.25, 0.3) is 10.0 Å². The number of carbonyl (C=O) groups is 2. The van der Waals surface area contributed by atoms with Crippen LogP contribution in [0.1, 0.15) is 31.8 Å². The third kappa shape index (κ3) is 5.03. The fraction of sp³-hybridized carbons (Fsp3) is 0.0909. The van der Waals surface area contributed by atoms with Gasteiger partial charge in [-0.15, -0.1) is 0 Å². The van der Waals surface area contributed by atoms with Crippen molar-refractivity contribution >= 4 is 27.6 Å². The maximum Gasteiger partial charge on any atom is 0.335 e. The number of hydrogen-bond donors (Lipinski definition) is 3. The maximum absolute atomic E-state index is 12.7. The lowest BCUT2D eigenvalue weighted by molar-refractivity contribution is 0.0686. The van der Waals surface area contributed by atoms with Gasteiger partial charge in [-0.1, -0.05) is 30.3 Å². The highest BCUT2D eigenvalue weighted by Gasteiger charge is 2.17. The summed E-state index contributed by atoms with van der Waals surface area (Å²) in [7, 11) is -3.90. The first-order chi connectivity index (χ1) is 14.3. The zero-order valence-corrected chi connectivity index (χ0v) is 16.6. The molecule has 3 N–H and O–H groups in total. The molecule has 0 amide bonds. The predicted molar refractivity (Wildman–Crippen MR) is 111 cm³/mol. The number of sulfonamides is 1. The van der Waals surface area contributed by atoms with Crippen LogP contribution in [0.15, 0.2) is 77.7 Å². The summed E-state index contributed by atoms with van der Waals surface area (Å²) in [5.74, 6) is -2.14. The van der Waals surface area contributed by atoms with Crippen LogP contribution in [0, 0.1) is 0 Å². The average Bonchev–Trinajstić information content (AvgIpc) is 2.73. The summed E-state index contributed by atoms with van der Waals surface area (Å²) in [5, 5.41) is 18.1. The first-order valence-electron chi connectivity index (χ1n) is 9.02. The quantitative estimate of drug-likeness (QED) is 0.506. The van der Waals surface area contributed by atoms with E-state index in [0.717, 1.165) is 11.1 Å². The Labute approximate surface area is 173 Å².